The van der Waals surface area contributed by atoms with Crippen molar-refractivity contribution in [3.8, 4) is 0 Å². The zero-order valence-corrected chi connectivity index (χ0v) is 11.8. The molecule has 0 aromatic carbocycles. The molecule has 0 spiro atoms. The summed E-state index contributed by atoms with van der Waals surface area (Å²) >= 11 is 2.38. The van der Waals surface area contributed by atoms with Gasteiger partial charge in [-0.15, -0.1) is 0 Å². The Morgan fingerprint density at radius 1 is 1.38 bits per heavy atom. The maximum Gasteiger partial charge on any atom is 0.143 e. The summed E-state index contributed by atoms with van der Waals surface area (Å²) in [6, 6.07) is 0. The molecule has 4 heteroatoms. The van der Waals surface area contributed by atoms with Crippen molar-refractivity contribution in [2.75, 3.05) is 11.9 Å². The van der Waals surface area contributed by atoms with Crippen molar-refractivity contribution in [1.29, 1.82) is 0 Å². The molecule has 16 heavy (non-hydrogen) atoms. The van der Waals surface area contributed by atoms with Crippen LogP contribution in [0.5, 0.6) is 0 Å². The first kappa shape index (κ1) is 12.1. The third-order valence-electron chi connectivity index (χ3n) is 3.10. The molecule has 1 aliphatic carbocycles. The highest BCUT2D eigenvalue weighted by Gasteiger charge is 2.22. The minimum Gasteiger partial charge on any atom is -0.369 e. The van der Waals surface area contributed by atoms with E-state index in [1.807, 2.05) is 0 Å². The van der Waals surface area contributed by atoms with Crippen LogP contribution in [0.4, 0.5) is 5.82 Å². The van der Waals surface area contributed by atoms with Gasteiger partial charge in [0.2, 0.25) is 0 Å². The lowest BCUT2D eigenvalue weighted by Crippen LogP contribution is -2.08. The van der Waals surface area contributed by atoms with Gasteiger partial charge in [-0.1, -0.05) is 19.8 Å². The number of halogens is 1. The Bertz CT molecular complexity index is 348. The third kappa shape index (κ3) is 2.64. The monoisotopic (exact) mass is 331 g/mol. The molecule has 0 unspecified atom stereocenters. The Morgan fingerprint density at radius 3 is 2.81 bits per heavy atom. The number of hydrogen-bond donors (Lipinski definition) is 1. The van der Waals surface area contributed by atoms with Crippen LogP contribution in [0.15, 0.2) is 6.33 Å². The largest absolute Gasteiger partial charge is 0.369 e. The van der Waals surface area contributed by atoms with E-state index >= 15 is 0 Å². The highest BCUT2D eigenvalue weighted by Crippen LogP contribution is 2.36. The molecule has 3 nitrogen and oxygen atoms in total. The Morgan fingerprint density at radius 2 is 2.12 bits per heavy atom. The first-order valence-corrected chi connectivity index (χ1v) is 7.15. The van der Waals surface area contributed by atoms with Gasteiger partial charge >= 0.3 is 0 Å². The van der Waals surface area contributed by atoms with E-state index < -0.39 is 0 Å². The fourth-order valence-corrected chi connectivity index (χ4v) is 3.14. The molecule has 2 rings (SSSR count). The Kier molecular flexibility index (Phi) is 4.37. The van der Waals surface area contributed by atoms with Crippen LogP contribution in [0, 0.1) is 3.57 Å². The topological polar surface area (TPSA) is 37.8 Å². The fraction of sp³-hybridized carbons (Fsp3) is 0.667. The van der Waals surface area contributed by atoms with Crippen LogP contribution in [0.3, 0.4) is 0 Å². The molecule has 88 valence electrons. The summed E-state index contributed by atoms with van der Waals surface area (Å²) in [4.78, 5) is 8.79. The minimum atomic E-state index is 0.664. The summed E-state index contributed by atoms with van der Waals surface area (Å²) in [6.45, 7) is 3.15. The van der Waals surface area contributed by atoms with Crippen LogP contribution in [0.1, 0.15) is 50.6 Å². The van der Waals surface area contributed by atoms with Crippen LogP contribution < -0.4 is 5.32 Å². The molecule has 0 aliphatic heterocycles. The van der Waals surface area contributed by atoms with Crippen LogP contribution >= 0.6 is 22.6 Å². The maximum absolute atomic E-state index is 4.47. The summed E-state index contributed by atoms with van der Waals surface area (Å²) in [5.74, 6) is 1.68. The minimum absolute atomic E-state index is 0.664. The molecule has 1 heterocycles. The lowest BCUT2D eigenvalue weighted by atomic mass is 10.0. The normalized spacial score (nSPS) is 16.6. The molecule has 1 N–H and O–H groups in total. The lowest BCUT2D eigenvalue weighted by molar-refractivity contribution is 0.689. The predicted molar refractivity (Wildman–Crippen MR) is 74.7 cm³/mol. The molecule has 0 saturated heterocycles. The summed E-state index contributed by atoms with van der Waals surface area (Å²) in [6.07, 6.45) is 8.11. The second-order valence-electron chi connectivity index (χ2n) is 4.33. The molecule has 1 aromatic heterocycles. The van der Waals surface area contributed by atoms with Crippen molar-refractivity contribution in [3.63, 3.8) is 0 Å². The highest BCUT2D eigenvalue weighted by molar-refractivity contribution is 14.1. The van der Waals surface area contributed by atoms with Gasteiger partial charge in [-0.2, -0.15) is 0 Å². The van der Waals surface area contributed by atoms with E-state index in [0.717, 1.165) is 18.8 Å². The van der Waals surface area contributed by atoms with Gasteiger partial charge in [-0.05, 0) is 41.9 Å². The fourth-order valence-electron chi connectivity index (χ4n) is 2.23. The van der Waals surface area contributed by atoms with E-state index in [1.165, 1.54) is 34.9 Å². The molecule has 0 atom stereocenters. The molecule has 0 bridgehead atoms. The van der Waals surface area contributed by atoms with Gasteiger partial charge in [-0.25, -0.2) is 9.97 Å². The average Bonchev–Trinajstić information content (AvgIpc) is 2.81. The van der Waals surface area contributed by atoms with E-state index in [4.69, 9.17) is 0 Å². The molecule has 1 saturated carbocycles. The maximum atomic E-state index is 4.47. The first-order chi connectivity index (χ1) is 7.83. The van der Waals surface area contributed by atoms with Crippen LogP contribution in [0.2, 0.25) is 0 Å². The van der Waals surface area contributed by atoms with Gasteiger partial charge in [0.15, 0.2) is 0 Å². The third-order valence-corrected chi connectivity index (χ3v) is 4.16. The van der Waals surface area contributed by atoms with Crippen LogP contribution in [0.25, 0.3) is 0 Å². The molecule has 1 aliphatic rings. The molecule has 0 amide bonds. The predicted octanol–water partition coefficient (Wildman–Crippen LogP) is 3.56. The van der Waals surface area contributed by atoms with Crippen molar-refractivity contribution < 1.29 is 0 Å². The summed E-state index contributed by atoms with van der Waals surface area (Å²) in [7, 11) is 0. The SMILES string of the molecule is CCCNc1ncnc(C2CCCC2)c1I. The smallest absolute Gasteiger partial charge is 0.143 e. The lowest BCUT2D eigenvalue weighted by Gasteiger charge is -2.13. The van der Waals surface area contributed by atoms with Gasteiger partial charge < -0.3 is 5.32 Å². The number of hydrogen-bond acceptors (Lipinski definition) is 3. The van der Waals surface area contributed by atoms with E-state index in [1.54, 1.807) is 6.33 Å². The summed E-state index contributed by atoms with van der Waals surface area (Å²) < 4.78 is 1.22. The van der Waals surface area contributed by atoms with Crippen LogP contribution in [-0.4, -0.2) is 16.5 Å². The molecule has 0 radical (unpaired) electrons. The zero-order valence-electron chi connectivity index (χ0n) is 9.67. The van der Waals surface area contributed by atoms with Gasteiger partial charge in [-0.3, -0.25) is 0 Å². The van der Waals surface area contributed by atoms with E-state index in [-0.39, 0.29) is 0 Å². The van der Waals surface area contributed by atoms with E-state index in [2.05, 4.69) is 44.8 Å². The zero-order chi connectivity index (χ0) is 11.4. The Balaban J connectivity index is 2.18. The number of aromatic nitrogens is 2. The number of nitrogens with zero attached hydrogens (tertiary/aromatic N) is 2. The van der Waals surface area contributed by atoms with Crippen molar-refractivity contribution in [2.45, 2.75) is 44.9 Å². The first-order valence-electron chi connectivity index (χ1n) is 6.07. The second kappa shape index (κ2) is 5.80. The average molecular weight is 331 g/mol. The number of rotatable bonds is 4. The highest BCUT2D eigenvalue weighted by atomic mass is 127. The number of anilines is 1. The van der Waals surface area contributed by atoms with Gasteiger partial charge in [0.25, 0.3) is 0 Å². The molecular weight excluding hydrogens is 313 g/mol. The van der Waals surface area contributed by atoms with Crippen molar-refractivity contribution in [1.82, 2.24) is 9.97 Å². The Hall–Kier alpha value is -0.390. The van der Waals surface area contributed by atoms with Gasteiger partial charge in [0, 0.05) is 12.5 Å². The van der Waals surface area contributed by atoms with Gasteiger partial charge in [0.05, 0.1) is 9.26 Å². The molecular formula is C12H18IN3. The number of nitrogens with one attached hydrogen (secondary N) is 1. The summed E-state index contributed by atoms with van der Waals surface area (Å²) in [5.41, 5.74) is 1.26. The molecule has 1 aromatic rings. The van der Waals surface area contributed by atoms with E-state index in [9.17, 15) is 0 Å². The quantitative estimate of drug-likeness (QED) is 0.858. The van der Waals surface area contributed by atoms with Gasteiger partial charge in [0.1, 0.15) is 12.1 Å². The van der Waals surface area contributed by atoms with Crippen LogP contribution in [-0.2, 0) is 0 Å². The molecule has 1 fully saturated rings. The second-order valence-corrected chi connectivity index (χ2v) is 5.41. The van der Waals surface area contributed by atoms with Crippen molar-refractivity contribution >= 4 is 28.4 Å². The van der Waals surface area contributed by atoms with Crippen molar-refractivity contribution in [2.24, 2.45) is 0 Å². The Labute approximate surface area is 111 Å². The van der Waals surface area contributed by atoms with Crippen molar-refractivity contribution in [3.05, 3.63) is 15.6 Å². The van der Waals surface area contributed by atoms with E-state index in [0.29, 0.717) is 5.92 Å². The standard InChI is InChI=1S/C12H18IN3/c1-2-7-14-12-10(13)11(15-8-16-12)9-5-3-4-6-9/h8-9H,2-7H2,1H3,(H,14,15,16). The summed E-state index contributed by atoms with van der Waals surface area (Å²) in [5, 5.41) is 3.37.